The van der Waals surface area contributed by atoms with Gasteiger partial charge in [-0.25, -0.2) is 0 Å². The fraction of sp³-hybridized carbons (Fsp3) is 0.650. The molecule has 3 nitrogen and oxygen atoms in total. The van der Waals surface area contributed by atoms with Crippen LogP contribution in [0.15, 0.2) is 24.3 Å². The van der Waals surface area contributed by atoms with Crippen molar-refractivity contribution in [2.75, 3.05) is 18.5 Å². The molecule has 0 heterocycles. The number of nitrogens with one attached hydrogen (secondary N) is 1. The topological polar surface area (TPSA) is 38.3 Å². The number of carbonyl (C=O) groups excluding carboxylic acids is 1. The van der Waals surface area contributed by atoms with Crippen molar-refractivity contribution in [3.63, 3.8) is 0 Å². The fourth-order valence-electron chi connectivity index (χ4n) is 3.15. The van der Waals surface area contributed by atoms with Gasteiger partial charge in [0, 0.05) is 12.2 Å². The number of hydrogen-bond acceptors (Lipinski definition) is 3. The number of carbonyl (C=O) groups is 1. The van der Waals surface area contributed by atoms with Crippen molar-refractivity contribution in [3.8, 4) is 0 Å². The third-order valence-corrected chi connectivity index (χ3v) is 4.82. The van der Waals surface area contributed by atoms with Crippen LogP contribution >= 0.6 is 0 Å². The van der Waals surface area contributed by atoms with Crippen LogP contribution in [0.2, 0.25) is 0 Å². The lowest BCUT2D eigenvalue weighted by atomic mass is 9.98. The van der Waals surface area contributed by atoms with Crippen LogP contribution in [0.3, 0.4) is 0 Å². The van der Waals surface area contributed by atoms with Gasteiger partial charge in [0.15, 0.2) is 0 Å². The van der Waals surface area contributed by atoms with E-state index < -0.39 is 0 Å². The molecule has 1 aliphatic carbocycles. The lowest BCUT2D eigenvalue weighted by molar-refractivity contribution is -0.143. The molecule has 1 aromatic carbocycles. The quantitative estimate of drug-likeness (QED) is 0.618. The van der Waals surface area contributed by atoms with E-state index in [1.165, 1.54) is 36.9 Å². The highest BCUT2D eigenvalue weighted by molar-refractivity contribution is 5.70. The van der Waals surface area contributed by atoms with Gasteiger partial charge in [-0.1, -0.05) is 45.2 Å². The van der Waals surface area contributed by atoms with Crippen LogP contribution in [0, 0.1) is 11.8 Å². The molecule has 23 heavy (non-hydrogen) atoms. The molecule has 0 radical (unpaired) electrons. The molecule has 2 rings (SSSR count). The Hall–Kier alpha value is -1.51. The van der Waals surface area contributed by atoms with Gasteiger partial charge in [0.1, 0.15) is 0 Å². The van der Waals surface area contributed by atoms with Crippen molar-refractivity contribution >= 4 is 11.7 Å². The van der Waals surface area contributed by atoms with E-state index in [1.807, 2.05) is 6.92 Å². The predicted octanol–water partition coefficient (Wildman–Crippen LogP) is 4.98. The van der Waals surface area contributed by atoms with Gasteiger partial charge in [0.05, 0.1) is 13.0 Å². The molecule has 0 amide bonds. The second kappa shape index (κ2) is 8.95. The molecule has 1 fully saturated rings. The molecule has 1 aromatic rings. The highest BCUT2D eigenvalue weighted by atomic mass is 16.5. The van der Waals surface area contributed by atoms with Crippen LogP contribution < -0.4 is 5.32 Å². The summed E-state index contributed by atoms with van der Waals surface area (Å²) >= 11 is 0. The second-order valence-electron chi connectivity index (χ2n) is 6.81. The fourth-order valence-corrected chi connectivity index (χ4v) is 3.15. The maximum absolute atomic E-state index is 11.5. The smallest absolute Gasteiger partial charge is 0.306 e. The van der Waals surface area contributed by atoms with Crippen LogP contribution in [0.1, 0.15) is 64.4 Å². The first-order chi connectivity index (χ1) is 11.1. The van der Waals surface area contributed by atoms with Crippen LogP contribution in [0.25, 0.3) is 0 Å². The van der Waals surface area contributed by atoms with Crippen LogP contribution in [0.4, 0.5) is 5.69 Å². The number of ether oxygens (including phenoxy) is 1. The van der Waals surface area contributed by atoms with Crippen LogP contribution in [-0.4, -0.2) is 19.1 Å². The monoisotopic (exact) mass is 317 g/mol. The molecule has 0 aliphatic heterocycles. The Kier molecular flexibility index (Phi) is 6.94. The minimum Gasteiger partial charge on any atom is -0.466 e. The van der Waals surface area contributed by atoms with Crippen LogP contribution in [-0.2, 0) is 9.53 Å². The summed E-state index contributed by atoms with van der Waals surface area (Å²) in [6, 6.07) is 8.49. The molecule has 1 saturated carbocycles. The Labute approximate surface area is 140 Å². The summed E-state index contributed by atoms with van der Waals surface area (Å²) < 4.78 is 5.02. The standard InChI is InChI=1S/C20H31NO2/c1-4-6-7-17-13-18(17)14-21-19-10-8-16(9-11-19)15(3)12-20(22)23-5-2/h8-11,15,17-18,21H,4-7,12-14H2,1-3H3. The first-order valence-electron chi connectivity index (χ1n) is 9.13. The van der Waals surface area contributed by atoms with Crippen molar-refractivity contribution in [2.24, 2.45) is 11.8 Å². The zero-order chi connectivity index (χ0) is 16.7. The number of benzene rings is 1. The molecule has 3 unspecified atom stereocenters. The summed E-state index contributed by atoms with van der Waals surface area (Å²) in [6.45, 7) is 7.72. The average Bonchev–Trinajstić information content (AvgIpc) is 3.30. The minimum atomic E-state index is -0.117. The molecule has 0 aromatic heterocycles. The zero-order valence-corrected chi connectivity index (χ0v) is 14.8. The van der Waals surface area contributed by atoms with E-state index in [0.29, 0.717) is 13.0 Å². The normalized spacial score (nSPS) is 20.8. The maximum atomic E-state index is 11.5. The number of esters is 1. The van der Waals surface area contributed by atoms with Crippen molar-refractivity contribution in [2.45, 2.75) is 58.8 Å². The lowest BCUT2D eigenvalue weighted by Crippen LogP contribution is -2.08. The number of rotatable bonds is 10. The summed E-state index contributed by atoms with van der Waals surface area (Å²) in [6.07, 6.45) is 5.91. The van der Waals surface area contributed by atoms with E-state index >= 15 is 0 Å². The number of hydrogen-bond donors (Lipinski definition) is 1. The van der Waals surface area contributed by atoms with Crippen molar-refractivity contribution < 1.29 is 9.53 Å². The molecular formula is C20H31NO2. The zero-order valence-electron chi connectivity index (χ0n) is 14.8. The molecule has 3 atom stereocenters. The largest absolute Gasteiger partial charge is 0.466 e. The summed E-state index contributed by atoms with van der Waals surface area (Å²) in [5, 5.41) is 3.55. The molecule has 1 N–H and O–H groups in total. The third kappa shape index (κ3) is 5.89. The summed E-state index contributed by atoms with van der Waals surface area (Å²) in [4.78, 5) is 11.5. The Morgan fingerprint density at radius 1 is 1.26 bits per heavy atom. The Morgan fingerprint density at radius 2 is 2.00 bits per heavy atom. The molecule has 1 aliphatic rings. The molecule has 0 bridgehead atoms. The van der Waals surface area contributed by atoms with Gasteiger partial charge in [-0.15, -0.1) is 0 Å². The van der Waals surface area contributed by atoms with Gasteiger partial charge < -0.3 is 10.1 Å². The first-order valence-corrected chi connectivity index (χ1v) is 9.13. The molecular weight excluding hydrogens is 286 g/mol. The Balaban J connectivity index is 1.73. The van der Waals surface area contributed by atoms with E-state index in [-0.39, 0.29) is 11.9 Å². The van der Waals surface area contributed by atoms with E-state index in [2.05, 4.69) is 43.4 Å². The molecule has 3 heteroatoms. The van der Waals surface area contributed by atoms with E-state index in [1.54, 1.807) is 0 Å². The predicted molar refractivity (Wildman–Crippen MR) is 95.7 cm³/mol. The van der Waals surface area contributed by atoms with Gasteiger partial charge in [0.2, 0.25) is 0 Å². The summed E-state index contributed by atoms with van der Waals surface area (Å²) in [5.41, 5.74) is 2.37. The Bertz CT molecular complexity index is 483. The highest BCUT2D eigenvalue weighted by Gasteiger charge is 2.35. The second-order valence-corrected chi connectivity index (χ2v) is 6.81. The van der Waals surface area contributed by atoms with Crippen LogP contribution in [0.5, 0.6) is 0 Å². The SMILES string of the molecule is CCCCC1CC1CNc1ccc(C(C)CC(=O)OCC)cc1. The summed E-state index contributed by atoms with van der Waals surface area (Å²) in [7, 11) is 0. The highest BCUT2D eigenvalue weighted by Crippen LogP contribution is 2.42. The van der Waals surface area contributed by atoms with E-state index in [4.69, 9.17) is 4.74 Å². The van der Waals surface area contributed by atoms with Crippen molar-refractivity contribution in [3.05, 3.63) is 29.8 Å². The number of unbranched alkanes of at least 4 members (excludes halogenated alkanes) is 1. The van der Waals surface area contributed by atoms with Gasteiger partial charge in [0.25, 0.3) is 0 Å². The van der Waals surface area contributed by atoms with Crippen molar-refractivity contribution in [1.82, 2.24) is 0 Å². The number of anilines is 1. The third-order valence-electron chi connectivity index (χ3n) is 4.82. The van der Waals surface area contributed by atoms with Gasteiger partial charge in [-0.3, -0.25) is 4.79 Å². The minimum absolute atomic E-state index is 0.117. The van der Waals surface area contributed by atoms with Gasteiger partial charge in [-0.2, -0.15) is 0 Å². The van der Waals surface area contributed by atoms with E-state index in [9.17, 15) is 4.79 Å². The van der Waals surface area contributed by atoms with Gasteiger partial charge in [-0.05, 0) is 48.8 Å². The average molecular weight is 317 g/mol. The molecule has 0 saturated heterocycles. The first kappa shape index (κ1) is 17.8. The lowest BCUT2D eigenvalue weighted by Gasteiger charge is -2.12. The molecule has 128 valence electrons. The Morgan fingerprint density at radius 3 is 2.65 bits per heavy atom. The van der Waals surface area contributed by atoms with Gasteiger partial charge >= 0.3 is 5.97 Å². The van der Waals surface area contributed by atoms with Crippen molar-refractivity contribution in [1.29, 1.82) is 0 Å². The maximum Gasteiger partial charge on any atom is 0.306 e. The van der Waals surface area contributed by atoms with E-state index in [0.717, 1.165) is 18.4 Å². The molecule has 0 spiro atoms. The summed E-state index contributed by atoms with van der Waals surface area (Å²) in [5.74, 6) is 1.90.